The van der Waals surface area contributed by atoms with Crippen LogP contribution >= 0.6 is 0 Å². The third-order valence-corrected chi connectivity index (χ3v) is 5.28. The first-order chi connectivity index (χ1) is 8.27. The van der Waals surface area contributed by atoms with E-state index in [4.69, 9.17) is 5.73 Å². The summed E-state index contributed by atoms with van der Waals surface area (Å²) in [6.07, 6.45) is 4.66. The molecule has 0 saturated heterocycles. The molecule has 1 unspecified atom stereocenters. The highest BCUT2D eigenvalue weighted by molar-refractivity contribution is 7.92. The number of amides is 1. The van der Waals surface area contributed by atoms with Gasteiger partial charge in [-0.2, -0.15) is 0 Å². The van der Waals surface area contributed by atoms with Crippen molar-refractivity contribution in [3.8, 4) is 0 Å². The fourth-order valence-electron chi connectivity index (χ4n) is 2.42. The van der Waals surface area contributed by atoms with Gasteiger partial charge in [0.05, 0.1) is 0 Å². The molecule has 1 aliphatic carbocycles. The molecule has 1 fully saturated rings. The van der Waals surface area contributed by atoms with Crippen molar-refractivity contribution >= 4 is 15.7 Å². The van der Waals surface area contributed by atoms with Crippen LogP contribution in [0.5, 0.6) is 0 Å². The molecule has 106 valence electrons. The number of carbonyl (C=O) groups is 1. The highest BCUT2D eigenvalue weighted by Crippen LogP contribution is 2.23. The fraction of sp³-hybridized carbons (Fsp3) is 0.917. The molecule has 0 aromatic rings. The fourth-order valence-corrected chi connectivity index (χ4v) is 2.93. The van der Waals surface area contributed by atoms with Crippen molar-refractivity contribution in [3.63, 3.8) is 0 Å². The van der Waals surface area contributed by atoms with Gasteiger partial charge in [-0.1, -0.05) is 0 Å². The van der Waals surface area contributed by atoms with Gasteiger partial charge < -0.3 is 10.6 Å². The second-order valence-corrected chi connectivity index (χ2v) is 7.53. The molecule has 0 spiro atoms. The summed E-state index contributed by atoms with van der Waals surface area (Å²) in [5, 5.41) is -0.951. The first kappa shape index (κ1) is 15.4. The highest BCUT2D eigenvalue weighted by Gasteiger charge is 2.33. The zero-order chi connectivity index (χ0) is 13.9. The van der Waals surface area contributed by atoms with Gasteiger partial charge >= 0.3 is 0 Å². The molecule has 1 rings (SSSR count). The summed E-state index contributed by atoms with van der Waals surface area (Å²) in [5.41, 5.74) is 5.84. The monoisotopic (exact) mass is 276 g/mol. The number of hydrogen-bond acceptors (Lipinski definition) is 4. The van der Waals surface area contributed by atoms with Gasteiger partial charge in [0.1, 0.15) is 5.25 Å². The SMILES string of the molecule is CCN(C(=O)C(C)S(C)(=O)=O)C1CCC(N)CC1. The Bertz CT molecular complexity index is 386. The molecular weight excluding hydrogens is 252 g/mol. The van der Waals surface area contributed by atoms with Crippen molar-refractivity contribution < 1.29 is 13.2 Å². The number of carbonyl (C=O) groups excluding carboxylic acids is 1. The van der Waals surface area contributed by atoms with Crippen molar-refractivity contribution in [2.75, 3.05) is 12.8 Å². The van der Waals surface area contributed by atoms with Crippen LogP contribution in [-0.2, 0) is 14.6 Å². The summed E-state index contributed by atoms with van der Waals surface area (Å²) in [4.78, 5) is 13.9. The van der Waals surface area contributed by atoms with E-state index in [-0.39, 0.29) is 18.0 Å². The lowest BCUT2D eigenvalue weighted by Gasteiger charge is -2.36. The topological polar surface area (TPSA) is 80.5 Å². The minimum Gasteiger partial charge on any atom is -0.339 e. The minimum atomic E-state index is -3.32. The zero-order valence-electron chi connectivity index (χ0n) is 11.4. The number of nitrogens with two attached hydrogens (primary N) is 1. The van der Waals surface area contributed by atoms with E-state index < -0.39 is 15.1 Å². The largest absolute Gasteiger partial charge is 0.339 e. The number of hydrogen-bond donors (Lipinski definition) is 1. The lowest BCUT2D eigenvalue weighted by Crippen LogP contribution is -2.48. The first-order valence-corrected chi connectivity index (χ1v) is 8.47. The molecule has 0 heterocycles. The molecule has 1 aliphatic rings. The molecule has 0 aromatic carbocycles. The van der Waals surface area contributed by atoms with Gasteiger partial charge in [0.25, 0.3) is 0 Å². The van der Waals surface area contributed by atoms with E-state index in [2.05, 4.69) is 0 Å². The summed E-state index contributed by atoms with van der Waals surface area (Å²) in [5.74, 6) is -0.277. The van der Waals surface area contributed by atoms with E-state index in [1.54, 1.807) is 4.90 Å². The zero-order valence-corrected chi connectivity index (χ0v) is 12.2. The Labute approximate surface area is 110 Å². The predicted molar refractivity (Wildman–Crippen MR) is 71.9 cm³/mol. The average Bonchev–Trinajstić information content (AvgIpc) is 2.30. The molecule has 0 aromatic heterocycles. The molecule has 5 nitrogen and oxygen atoms in total. The second-order valence-electron chi connectivity index (χ2n) is 5.16. The van der Waals surface area contributed by atoms with Crippen molar-refractivity contribution in [2.24, 2.45) is 5.73 Å². The van der Waals surface area contributed by atoms with E-state index in [0.717, 1.165) is 31.9 Å². The Morgan fingerprint density at radius 2 is 1.83 bits per heavy atom. The van der Waals surface area contributed by atoms with Gasteiger partial charge in [0, 0.05) is 24.9 Å². The second kappa shape index (κ2) is 6.02. The van der Waals surface area contributed by atoms with E-state index in [9.17, 15) is 13.2 Å². The van der Waals surface area contributed by atoms with Gasteiger partial charge in [-0.15, -0.1) is 0 Å². The third-order valence-electron chi connectivity index (χ3n) is 3.80. The Morgan fingerprint density at radius 1 is 1.33 bits per heavy atom. The molecule has 18 heavy (non-hydrogen) atoms. The molecule has 1 atom stereocenters. The van der Waals surface area contributed by atoms with E-state index >= 15 is 0 Å². The van der Waals surface area contributed by atoms with E-state index in [1.165, 1.54) is 6.92 Å². The summed E-state index contributed by atoms with van der Waals surface area (Å²) >= 11 is 0. The minimum absolute atomic E-state index is 0.145. The molecule has 6 heteroatoms. The predicted octanol–water partition coefficient (Wildman–Crippen LogP) is 0.538. The Hall–Kier alpha value is -0.620. The summed E-state index contributed by atoms with van der Waals surface area (Å²) in [6.45, 7) is 3.91. The quantitative estimate of drug-likeness (QED) is 0.812. The van der Waals surface area contributed by atoms with Crippen molar-refractivity contribution in [1.29, 1.82) is 0 Å². The molecule has 0 radical (unpaired) electrons. The van der Waals surface area contributed by atoms with Crippen LogP contribution in [0.3, 0.4) is 0 Å². The van der Waals surface area contributed by atoms with Crippen LogP contribution in [0.25, 0.3) is 0 Å². The number of rotatable bonds is 4. The Kier molecular flexibility index (Phi) is 5.16. The van der Waals surface area contributed by atoms with Crippen LogP contribution in [0.4, 0.5) is 0 Å². The van der Waals surface area contributed by atoms with Crippen LogP contribution in [-0.4, -0.2) is 49.4 Å². The molecule has 0 bridgehead atoms. The average molecular weight is 276 g/mol. The van der Waals surface area contributed by atoms with E-state index in [1.807, 2.05) is 6.92 Å². The van der Waals surface area contributed by atoms with Crippen LogP contribution < -0.4 is 5.73 Å². The summed E-state index contributed by atoms with van der Waals surface area (Å²) in [7, 11) is -3.32. The van der Waals surface area contributed by atoms with Gasteiger partial charge in [0.2, 0.25) is 5.91 Å². The number of nitrogens with zero attached hydrogens (tertiary/aromatic N) is 1. The summed E-state index contributed by atoms with van der Waals surface area (Å²) < 4.78 is 22.9. The molecule has 2 N–H and O–H groups in total. The Balaban J connectivity index is 2.74. The molecular formula is C12H24N2O3S. The number of sulfone groups is 1. The van der Waals surface area contributed by atoms with E-state index in [0.29, 0.717) is 6.54 Å². The van der Waals surface area contributed by atoms with Crippen molar-refractivity contribution in [1.82, 2.24) is 4.90 Å². The van der Waals surface area contributed by atoms with Gasteiger partial charge in [-0.3, -0.25) is 4.79 Å². The lowest BCUT2D eigenvalue weighted by molar-refractivity contribution is -0.133. The standard InChI is InChI=1S/C12H24N2O3S/c1-4-14(11-7-5-10(13)6-8-11)12(15)9(2)18(3,16)17/h9-11H,4-8,13H2,1-3H3. The van der Waals surface area contributed by atoms with Crippen LogP contribution in [0.2, 0.25) is 0 Å². The highest BCUT2D eigenvalue weighted by atomic mass is 32.2. The van der Waals surface area contributed by atoms with Crippen molar-refractivity contribution in [2.45, 2.75) is 56.9 Å². The van der Waals surface area contributed by atoms with Gasteiger partial charge in [0.15, 0.2) is 9.84 Å². The normalized spacial score (nSPS) is 26.7. The molecule has 1 amide bonds. The maximum atomic E-state index is 12.2. The van der Waals surface area contributed by atoms with Gasteiger partial charge in [-0.05, 0) is 39.5 Å². The van der Waals surface area contributed by atoms with Crippen LogP contribution in [0.15, 0.2) is 0 Å². The smallest absolute Gasteiger partial charge is 0.240 e. The molecule has 1 saturated carbocycles. The Morgan fingerprint density at radius 3 is 2.22 bits per heavy atom. The van der Waals surface area contributed by atoms with Gasteiger partial charge in [-0.25, -0.2) is 8.42 Å². The lowest BCUT2D eigenvalue weighted by atomic mass is 9.90. The maximum Gasteiger partial charge on any atom is 0.240 e. The summed E-state index contributed by atoms with van der Waals surface area (Å²) in [6, 6.07) is 0.369. The van der Waals surface area contributed by atoms with Crippen molar-refractivity contribution in [3.05, 3.63) is 0 Å². The first-order valence-electron chi connectivity index (χ1n) is 6.52. The maximum absolute atomic E-state index is 12.2. The molecule has 0 aliphatic heterocycles. The van der Waals surface area contributed by atoms with Crippen LogP contribution in [0.1, 0.15) is 39.5 Å². The third kappa shape index (κ3) is 3.68. The van der Waals surface area contributed by atoms with Crippen LogP contribution in [0, 0.1) is 0 Å².